The van der Waals surface area contributed by atoms with Gasteiger partial charge in [0.1, 0.15) is 0 Å². The fraction of sp³-hybridized carbons (Fsp3) is 0.167. The van der Waals surface area contributed by atoms with Gasteiger partial charge in [0.15, 0.2) is 5.66 Å². The Hall–Kier alpha value is -3.18. The number of amides is 1. The summed E-state index contributed by atoms with van der Waals surface area (Å²) in [6.07, 6.45) is 0.734. The van der Waals surface area contributed by atoms with Crippen molar-refractivity contribution < 1.29 is 4.79 Å². The second-order valence-corrected chi connectivity index (χ2v) is 7.71. The lowest BCUT2D eigenvalue weighted by molar-refractivity contribution is -0.121. The van der Waals surface area contributed by atoms with Crippen LogP contribution >= 0.6 is 0 Å². The van der Waals surface area contributed by atoms with E-state index in [2.05, 4.69) is 19.0 Å². The van der Waals surface area contributed by atoms with Crippen molar-refractivity contribution in [3.05, 3.63) is 102 Å². The molecule has 4 rings (SSSR count). The summed E-state index contributed by atoms with van der Waals surface area (Å²) in [5, 5.41) is 0. The molecule has 0 aliphatic carbocycles. The Kier molecular flexibility index (Phi) is 5.08. The summed E-state index contributed by atoms with van der Waals surface area (Å²) in [6, 6.07) is 28.0. The molecule has 3 aromatic carbocycles. The van der Waals surface area contributed by atoms with Crippen LogP contribution in [0.15, 0.2) is 89.9 Å². The maximum absolute atomic E-state index is 13.5. The number of benzodiazepines with no additional fused rings is 1. The van der Waals surface area contributed by atoms with Crippen molar-refractivity contribution in [2.45, 2.75) is 25.7 Å². The number of aliphatic imine (C=N–C) groups is 1. The zero-order chi connectivity index (χ0) is 20.4. The Labute approximate surface area is 172 Å². The number of anilines is 1. The monoisotopic (exact) mass is 381 g/mol. The van der Waals surface area contributed by atoms with Gasteiger partial charge < -0.3 is 4.81 Å². The molecule has 1 unspecified atom stereocenters. The maximum atomic E-state index is 13.5. The zero-order valence-corrected chi connectivity index (χ0v) is 16.7. The van der Waals surface area contributed by atoms with Gasteiger partial charge in [0.05, 0.1) is 5.71 Å². The first-order chi connectivity index (χ1) is 14.0. The minimum atomic E-state index is -1.35. The van der Waals surface area contributed by atoms with Gasteiger partial charge in [-0.25, -0.2) is 0 Å². The van der Waals surface area contributed by atoms with Crippen LogP contribution in [-0.4, -0.2) is 24.1 Å². The molecule has 0 aromatic heterocycles. The number of benzene rings is 3. The topological polar surface area (TPSA) is 58.7 Å². The van der Waals surface area contributed by atoms with Gasteiger partial charge in [0.2, 0.25) is 0 Å². The molecular formula is C24H24BN3O. The van der Waals surface area contributed by atoms with Gasteiger partial charge in [0, 0.05) is 16.8 Å². The number of nitrogens with zero attached hydrogens (tertiary/aromatic N) is 2. The van der Waals surface area contributed by atoms with Crippen LogP contribution in [-0.2, 0) is 11.1 Å². The number of para-hydroxylation sites is 1. The van der Waals surface area contributed by atoms with E-state index < -0.39 is 5.66 Å². The second-order valence-electron chi connectivity index (χ2n) is 7.71. The lowest BCUT2D eigenvalue weighted by Gasteiger charge is -2.32. The van der Waals surface area contributed by atoms with E-state index >= 15 is 0 Å². The van der Waals surface area contributed by atoms with Crippen molar-refractivity contribution in [2.24, 2.45) is 10.7 Å². The number of carbonyl (C=O) groups is 1. The number of nitrogens with two attached hydrogens (primary N) is 1. The lowest BCUT2D eigenvalue weighted by atomic mass is 9.57. The Morgan fingerprint density at radius 1 is 0.931 bits per heavy atom. The van der Waals surface area contributed by atoms with Crippen LogP contribution in [0.5, 0.6) is 0 Å². The molecule has 0 spiro atoms. The molecule has 1 aliphatic heterocycles. The highest BCUT2D eigenvalue weighted by Crippen LogP contribution is 2.31. The number of carbonyl (C=O) groups excluding carboxylic acids is 1. The molecule has 0 radical (unpaired) electrons. The van der Waals surface area contributed by atoms with Crippen molar-refractivity contribution in [1.29, 1.82) is 0 Å². The van der Waals surface area contributed by atoms with Crippen LogP contribution < -0.4 is 10.5 Å². The average Bonchev–Trinajstić information content (AvgIpc) is 2.82. The van der Waals surface area contributed by atoms with Crippen molar-refractivity contribution in [2.75, 3.05) is 4.81 Å². The van der Waals surface area contributed by atoms with Crippen LogP contribution in [0.3, 0.4) is 0 Å². The SMILES string of the molecule is CB(Cc1ccccc1)N1C(=O)C(C)(N)N=C(c2ccccc2)c2ccccc21. The molecule has 5 heteroatoms. The van der Waals surface area contributed by atoms with Crippen molar-refractivity contribution >= 4 is 24.2 Å². The molecule has 0 fully saturated rings. The van der Waals surface area contributed by atoms with Crippen molar-refractivity contribution in [3.8, 4) is 0 Å². The van der Waals surface area contributed by atoms with E-state index in [9.17, 15) is 4.79 Å². The van der Waals surface area contributed by atoms with E-state index in [4.69, 9.17) is 10.7 Å². The lowest BCUT2D eigenvalue weighted by Crippen LogP contribution is -2.56. The molecule has 2 N–H and O–H groups in total. The van der Waals surface area contributed by atoms with Gasteiger partial charge >= 0.3 is 0 Å². The first kappa shape index (κ1) is 19.2. The highest BCUT2D eigenvalue weighted by molar-refractivity contribution is 6.66. The number of hydrogen-bond acceptors (Lipinski definition) is 3. The highest BCUT2D eigenvalue weighted by Gasteiger charge is 2.40. The van der Waals surface area contributed by atoms with Crippen LogP contribution in [0, 0.1) is 0 Å². The molecule has 1 amide bonds. The molecule has 144 valence electrons. The Morgan fingerprint density at radius 3 is 2.21 bits per heavy atom. The van der Waals surface area contributed by atoms with Crippen molar-refractivity contribution in [3.63, 3.8) is 0 Å². The van der Waals surface area contributed by atoms with Crippen LogP contribution in [0.1, 0.15) is 23.6 Å². The third kappa shape index (κ3) is 3.74. The van der Waals surface area contributed by atoms with Gasteiger partial charge in [-0.1, -0.05) is 91.2 Å². The van der Waals surface area contributed by atoms with E-state index in [-0.39, 0.29) is 12.8 Å². The molecule has 0 bridgehead atoms. The third-order valence-corrected chi connectivity index (χ3v) is 5.28. The molecule has 3 aromatic rings. The summed E-state index contributed by atoms with van der Waals surface area (Å²) in [7, 11) is 0. The largest absolute Gasteiger partial charge is 0.354 e. The van der Waals surface area contributed by atoms with Crippen molar-refractivity contribution in [1.82, 2.24) is 0 Å². The molecule has 0 saturated heterocycles. The highest BCUT2D eigenvalue weighted by atomic mass is 16.2. The van der Waals surface area contributed by atoms with E-state index in [1.54, 1.807) is 6.92 Å². The normalized spacial score (nSPS) is 18.7. The molecular weight excluding hydrogens is 357 g/mol. The predicted octanol–water partition coefficient (Wildman–Crippen LogP) is 3.95. The van der Waals surface area contributed by atoms with Gasteiger partial charge in [-0.15, -0.1) is 0 Å². The molecule has 4 nitrogen and oxygen atoms in total. The minimum absolute atomic E-state index is 0.0701. The third-order valence-electron chi connectivity index (χ3n) is 5.28. The van der Waals surface area contributed by atoms with Crippen LogP contribution in [0.2, 0.25) is 6.82 Å². The first-order valence-electron chi connectivity index (χ1n) is 9.88. The number of fused-ring (bicyclic) bond motifs is 1. The van der Waals surface area contributed by atoms with Gasteiger partial charge in [-0.3, -0.25) is 15.5 Å². The Balaban J connectivity index is 1.84. The standard InChI is InChI=1S/C24H24BN3O/c1-24(26)23(29)28(25(2)17-18-11-5-3-6-12-18)21-16-10-9-15-20(21)22(27-24)19-13-7-4-8-14-19/h3-16H,17,26H2,1-2H3. The van der Waals surface area contributed by atoms with E-state index in [0.717, 1.165) is 28.8 Å². The maximum Gasteiger partial charge on any atom is 0.265 e. The Bertz CT molecular complexity index is 1050. The smallest absolute Gasteiger partial charge is 0.265 e. The first-order valence-corrected chi connectivity index (χ1v) is 9.88. The van der Waals surface area contributed by atoms with Gasteiger partial charge in [-0.05, 0) is 19.3 Å². The molecule has 29 heavy (non-hydrogen) atoms. The summed E-state index contributed by atoms with van der Waals surface area (Å²) in [4.78, 5) is 20.1. The number of rotatable bonds is 4. The molecule has 0 saturated carbocycles. The predicted molar refractivity (Wildman–Crippen MR) is 120 cm³/mol. The second kappa shape index (κ2) is 7.68. The van der Waals surface area contributed by atoms with Crippen LogP contribution in [0.4, 0.5) is 5.69 Å². The minimum Gasteiger partial charge on any atom is -0.354 e. The fourth-order valence-electron chi connectivity index (χ4n) is 3.88. The summed E-state index contributed by atoms with van der Waals surface area (Å²) < 4.78 is 0. The van der Waals surface area contributed by atoms with E-state index in [1.165, 1.54) is 5.56 Å². The summed E-state index contributed by atoms with van der Waals surface area (Å²) in [6.45, 7) is 3.68. The molecule has 1 heterocycles. The molecule has 1 atom stereocenters. The summed E-state index contributed by atoms with van der Waals surface area (Å²) >= 11 is 0. The Morgan fingerprint density at radius 2 is 1.52 bits per heavy atom. The summed E-state index contributed by atoms with van der Waals surface area (Å²) in [5.41, 5.74) is 9.75. The average molecular weight is 381 g/mol. The zero-order valence-electron chi connectivity index (χ0n) is 16.7. The van der Waals surface area contributed by atoms with E-state index in [0.29, 0.717) is 0 Å². The fourth-order valence-corrected chi connectivity index (χ4v) is 3.88. The summed E-state index contributed by atoms with van der Waals surface area (Å²) in [5.74, 6) is -0.195. The van der Waals surface area contributed by atoms with Gasteiger partial charge in [-0.2, -0.15) is 0 Å². The van der Waals surface area contributed by atoms with Gasteiger partial charge in [0.25, 0.3) is 12.8 Å². The van der Waals surface area contributed by atoms with Crippen LogP contribution in [0.25, 0.3) is 0 Å². The quantitative estimate of drug-likeness (QED) is 0.696. The molecule has 1 aliphatic rings. The van der Waals surface area contributed by atoms with E-state index in [1.807, 2.05) is 77.6 Å². The number of hydrogen-bond donors (Lipinski definition) is 1.